The molecule has 1 amide bonds. The maximum atomic E-state index is 11.9. The van der Waals surface area contributed by atoms with E-state index in [4.69, 9.17) is 0 Å². The maximum Gasteiger partial charge on any atom is 0.240 e. The first-order valence-electron chi connectivity index (χ1n) is 8.78. The minimum absolute atomic E-state index is 0.0516. The van der Waals surface area contributed by atoms with E-state index in [1.807, 2.05) is 55.5 Å². The largest absolute Gasteiger partial charge is 0.355 e. The van der Waals surface area contributed by atoms with Gasteiger partial charge >= 0.3 is 0 Å². The molecule has 3 aromatic rings. The summed E-state index contributed by atoms with van der Waals surface area (Å²) in [5, 5.41) is 14.4. The molecule has 0 aliphatic carbocycles. The monoisotopic (exact) mass is 395 g/mol. The highest BCUT2D eigenvalue weighted by Gasteiger charge is 2.07. The van der Waals surface area contributed by atoms with Crippen molar-refractivity contribution in [1.29, 1.82) is 0 Å². The van der Waals surface area contributed by atoms with Crippen molar-refractivity contribution in [1.82, 2.24) is 25.5 Å². The molecule has 0 radical (unpaired) electrons. The minimum atomic E-state index is -0.0516. The molecule has 0 saturated carbocycles. The fourth-order valence-corrected chi connectivity index (χ4v) is 2.93. The Labute approximate surface area is 167 Å². The van der Waals surface area contributed by atoms with Crippen LogP contribution in [-0.2, 0) is 11.2 Å². The van der Waals surface area contributed by atoms with Crippen LogP contribution in [0.15, 0.2) is 65.0 Å². The molecular weight excluding hydrogens is 374 g/mol. The molecule has 0 aliphatic rings. The van der Waals surface area contributed by atoms with Gasteiger partial charge in [-0.1, -0.05) is 48.2 Å². The lowest BCUT2D eigenvalue weighted by atomic mass is 10.1. The lowest BCUT2D eigenvalue weighted by Crippen LogP contribution is -2.27. The lowest BCUT2D eigenvalue weighted by Gasteiger charge is -2.04. The van der Waals surface area contributed by atoms with E-state index in [9.17, 15) is 4.79 Å². The second kappa shape index (κ2) is 10.2. The first-order valence-corrected chi connectivity index (χ1v) is 9.77. The number of hydrogen-bond donors (Lipinski definition) is 3. The van der Waals surface area contributed by atoms with E-state index in [1.165, 1.54) is 17.3 Å². The summed E-state index contributed by atoms with van der Waals surface area (Å²) in [4.78, 5) is 20.4. The number of aromatic amines is 1. The fourth-order valence-electron chi connectivity index (χ4n) is 2.30. The highest BCUT2D eigenvalue weighted by molar-refractivity contribution is 7.99. The van der Waals surface area contributed by atoms with Gasteiger partial charge in [0, 0.05) is 12.7 Å². The van der Waals surface area contributed by atoms with Gasteiger partial charge in [-0.05, 0) is 31.0 Å². The Balaban J connectivity index is 1.40. The number of thioether (sulfide) groups is 1. The average molecular weight is 395 g/mol. The molecule has 8 nitrogen and oxygen atoms in total. The van der Waals surface area contributed by atoms with Gasteiger partial charge in [-0.2, -0.15) is 10.1 Å². The van der Waals surface area contributed by atoms with E-state index in [0.29, 0.717) is 17.6 Å². The SMILES string of the molecule is C/C(=N\Nc1nc(SCC(=O)NCCc2ccccc2)n[nH]1)c1ccccn1. The fraction of sp³-hybridized carbons (Fsp3) is 0.211. The number of nitrogens with zero attached hydrogens (tertiary/aromatic N) is 4. The second-order valence-electron chi connectivity index (χ2n) is 5.86. The third-order valence-electron chi connectivity index (χ3n) is 3.74. The molecule has 0 atom stereocenters. The summed E-state index contributed by atoms with van der Waals surface area (Å²) >= 11 is 1.26. The van der Waals surface area contributed by atoms with Gasteiger partial charge in [0.15, 0.2) is 0 Å². The number of rotatable bonds is 9. The van der Waals surface area contributed by atoms with Gasteiger partial charge < -0.3 is 5.32 Å². The summed E-state index contributed by atoms with van der Waals surface area (Å²) < 4.78 is 0. The van der Waals surface area contributed by atoms with Crippen molar-refractivity contribution in [3.63, 3.8) is 0 Å². The normalized spacial score (nSPS) is 11.2. The van der Waals surface area contributed by atoms with Crippen LogP contribution in [0.1, 0.15) is 18.2 Å². The molecule has 28 heavy (non-hydrogen) atoms. The van der Waals surface area contributed by atoms with Crippen LogP contribution in [0, 0.1) is 0 Å². The molecule has 2 heterocycles. The van der Waals surface area contributed by atoms with Crippen molar-refractivity contribution in [2.24, 2.45) is 5.10 Å². The highest BCUT2D eigenvalue weighted by atomic mass is 32.2. The Morgan fingerprint density at radius 3 is 2.79 bits per heavy atom. The van der Waals surface area contributed by atoms with Crippen LogP contribution in [0.2, 0.25) is 0 Å². The smallest absolute Gasteiger partial charge is 0.240 e. The number of benzene rings is 1. The molecule has 2 aromatic heterocycles. The number of hydrazone groups is 1. The Kier molecular flexibility index (Phi) is 7.14. The van der Waals surface area contributed by atoms with E-state index in [0.717, 1.165) is 17.8 Å². The van der Waals surface area contributed by atoms with Gasteiger partial charge in [-0.3, -0.25) is 9.78 Å². The van der Waals surface area contributed by atoms with E-state index in [2.05, 4.69) is 36.0 Å². The van der Waals surface area contributed by atoms with E-state index in [-0.39, 0.29) is 11.7 Å². The predicted octanol–water partition coefficient (Wildman–Crippen LogP) is 2.49. The number of amides is 1. The molecular formula is C19H21N7OS. The third kappa shape index (κ3) is 6.20. The van der Waals surface area contributed by atoms with Gasteiger partial charge in [0.1, 0.15) is 0 Å². The number of hydrogen-bond acceptors (Lipinski definition) is 7. The zero-order chi connectivity index (χ0) is 19.6. The van der Waals surface area contributed by atoms with E-state index in [1.54, 1.807) is 6.20 Å². The van der Waals surface area contributed by atoms with Crippen molar-refractivity contribution in [2.45, 2.75) is 18.5 Å². The van der Waals surface area contributed by atoms with Crippen molar-refractivity contribution in [2.75, 3.05) is 17.7 Å². The Morgan fingerprint density at radius 2 is 2.00 bits per heavy atom. The zero-order valence-corrected chi connectivity index (χ0v) is 16.2. The molecule has 0 saturated heterocycles. The van der Waals surface area contributed by atoms with E-state index >= 15 is 0 Å². The first kappa shape index (κ1) is 19.6. The lowest BCUT2D eigenvalue weighted by molar-refractivity contribution is -0.118. The number of carbonyl (C=O) groups is 1. The summed E-state index contributed by atoms with van der Waals surface area (Å²) in [6.07, 6.45) is 2.52. The molecule has 3 N–H and O–H groups in total. The summed E-state index contributed by atoms with van der Waals surface area (Å²) in [6.45, 7) is 2.45. The van der Waals surface area contributed by atoms with Crippen LogP contribution in [0.5, 0.6) is 0 Å². The summed E-state index contributed by atoms with van der Waals surface area (Å²) in [5.74, 6) is 0.606. The highest BCUT2D eigenvalue weighted by Crippen LogP contribution is 2.13. The first-order chi connectivity index (χ1) is 13.7. The number of pyridine rings is 1. The standard InChI is InChI=1S/C19H21N7OS/c1-14(16-9-5-6-11-20-16)23-24-18-22-19(26-25-18)28-13-17(27)21-12-10-15-7-3-2-4-8-15/h2-9,11H,10,12-13H2,1H3,(H,21,27)(H2,22,24,25,26)/b23-14+. The predicted molar refractivity (Wildman–Crippen MR) is 110 cm³/mol. The van der Waals surface area contributed by atoms with Crippen LogP contribution in [0.4, 0.5) is 5.95 Å². The summed E-state index contributed by atoms with van der Waals surface area (Å²) in [7, 11) is 0. The topological polar surface area (TPSA) is 108 Å². The van der Waals surface area contributed by atoms with Gasteiger partial charge in [-0.25, -0.2) is 10.5 Å². The molecule has 9 heteroatoms. The molecule has 0 bridgehead atoms. The molecule has 1 aromatic carbocycles. The zero-order valence-electron chi connectivity index (χ0n) is 15.4. The Morgan fingerprint density at radius 1 is 1.18 bits per heavy atom. The molecule has 0 fully saturated rings. The summed E-state index contributed by atoms with van der Waals surface area (Å²) in [5.41, 5.74) is 5.50. The Bertz CT molecular complexity index is 912. The van der Waals surface area contributed by atoms with Crippen molar-refractivity contribution >= 4 is 29.3 Å². The molecule has 0 unspecified atom stereocenters. The molecule has 0 spiro atoms. The molecule has 3 rings (SSSR count). The van der Waals surface area contributed by atoms with Crippen molar-refractivity contribution < 1.29 is 4.79 Å². The quantitative estimate of drug-likeness (QED) is 0.292. The number of aromatic nitrogens is 4. The van der Waals surface area contributed by atoms with Gasteiger partial charge in [-0.15, -0.1) is 5.10 Å². The van der Waals surface area contributed by atoms with Crippen LogP contribution >= 0.6 is 11.8 Å². The van der Waals surface area contributed by atoms with E-state index < -0.39 is 0 Å². The van der Waals surface area contributed by atoms with Crippen molar-refractivity contribution in [3.05, 3.63) is 66.0 Å². The summed E-state index contributed by atoms with van der Waals surface area (Å²) in [6, 6.07) is 15.7. The van der Waals surface area contributed by atoms with Gasteiger partial charge in [0.25, 0.3) is 0 Å². The maximum absolute atomic E-state index is 11.9. The third-order valence-corrected chi connectivity index (χ3v) is 4.59. The van der Waals surface area contributed by atoms with Crippen LogP contribution in [0.3, 0.4) is 0 Å². The Hall–Kier alpha value is -3.20. The van der Waals surface area contributed by atoms with Gasteiger partial charge in [0.2, 0.25) is 17.0 Å². The van der Waals surface area contributed by atoms with Gasteiger partial charge in [0.05, 0.1) is 17.2 Å². The molecule has 0 aliphatic heterocycles. The average Bonchev–Trinajstić information content (AvgIpc) is 3.20. The molecule has 144 valence electrons. The van der Waals surface area contributed by atoms with Crippen LogP contribution < -0.4 is 10.7 Å². The number of anilines is 1. The minimum Gasteiger partial charge on any atom is -0.355 e. The second-order valence-corrected chi connectivity index (χ2v) is 6.81. The van der Waals surface area contributed by atoms with Crippen LogP contribution in [0.25, 0.3) is 0 Å². The van der Waals surface area contributed by atoms with Crippen molar-refractivity contribution in [3.8, 4) is 0 Å². The van der Waals surface area contributed by atoms with Crippen LogP contribution in [-0.4, -0.2) is 44.1 Å². The number of carbonyl (C=O) groups excluding carboxylic acids is 1. The number of H-pyrrole nitrogens is 1. The number of nitrogens with one attached hydrogen (secondary N) is 3.